The predicted octanol–water partition coefficient (Wildman–Crippen LogP) is 1.52. The molecule has 16 heavy (non-hydrogen) atoms. The van der Waals surface area contributed by atoms with Crippen molar-refractivity contribution < 1.29 is 4.79 Å². The summed E-state index contributed by atoms with van der Waals surface area (Å²) in [6, 6.07) is 0.522. The van der Waals surface area contributed by atoms with Crippen LogP contribution in [0.25, 0.3) is 0 Å². The molecule has 3 nitrogen and oxygen atoms in total. The van der Waals surface area contributed by atoms with Gasteiger partial charge in [-0.1, -0.05) is 0 Å². The molecule has 1 saturated heterocycles. The van der Waals surface area contributed by atoms with Crippen LogP contribution < -0.4 is 0 Å². The van der Waals surface area contributed by atoms with Gasteiger partial charge in [-0.05, 0) is 33.7 Å². The van der Waals surface area contributed by atoms with Gasteiger partial charge >= 0.3 is 0 Å². The van der Waals surface area contributed by atoms with Gasteiger partial charge in [0.2, 0.25) is 0 Å². The fourth-order valence-corrected chi connectivity index (χ4v) is 2.90. The Labute approximate surface area is 98.8 Å². The Kier molecular flexibility index (Phi) is 3.36. The van der Waals surface area contributed by atoms with Gasteiger partial charge in [0.15, 0.2) is 0 Å². The van der Waals surface area contributed by atoms with Crippen LogP contribution in [0, 0.1) is 0 Å². The van der Waals surface area contributed by atoms with Crippen molar-refractivity contribution in [2.45, 2.75) is 51.1 Å². The monoisotopic (exact) mass is 224 g/mol. The second-order valence-electron chi connectivity index (χ2n) is 5.99. The molecule has 3 heteroatoms. The standard InChI is InChI=1S/C13H24N2O/c1-13(2)10-15(8-7-14(13)3)11-5-4-6-12(16)9-11/h11H,4-10H2,1-3H3. The van der Waals surface area contributed by atoms with E-state index in [0.717, 1.165) is 38.9 Å². The molecule has 1 aliphatic heterocycles. The van der Waals surface area contributed by atoms with E-state index in [-0.39, 0.29) is 5.54 Å². The zero-order chi connectivity index (χ0) is 11.8. The molecule has 0 bridgehead atoms. The van der Waals surface area contributed by atoms with Crippen LogP contribution in [0.1, 0.15) is 39.5 Å². The van der Waals surface area contributed by atoms with Crippen molar-refractivity contribution >= 4 is 5.78 Å². The largest absolute Gasteiger partial charge is 0.300 e. The van der Waals surface area contributed by atoms with E-state index in [0.29, 0.717) is 11.8 Å². The van der Waals surface area contributed by atoms with Crippen molar-refractivity contribution in [2.24, 2.45) is 0 Å². The van der Waals surface area contributed by atoms with E-state index in [1.165, 1.54) is 6.42 Å². The van der Waals surface area contributed by atoms with Crippen molar-refractivity contribution in [3.05, 3.63) is 0 Å². The number of hydrogen-bond donors (Lipinski definition) is 0. The molecular formula is C13H24N2O. The number of likely N-dealkylation sites (N-methyl/N-ethyl adjacent to an activating group) is 1. The van der Waals surface area contributed by atoms with Gasteiger partial charge in [0, 0.05) is 44.1 Å². The first-order valence-corrected chi connectivity index (χ1v) is 6.46. The highest BCUT2D eigenvalue weighted by molar-refractivity contribution is 5.79. The maximum Gasteiger partial charge on any atom is 0.134 e. The Hall–Kier alpha value is -0.410. The highest BCUT2D eigenvalue weighted by Gasteiger charge is 2.35. The molecule has 0 aromatic carbocycles. The normalized spacial score (nSPS) is 32.9. The lowest BCUT2D eigenvalue weighted by molar-refractivity contribution is -0.122. The first-order valence-electron chi connectivity index (χ1n) is 6.46. The van der Waals surface area contributed by atoms with Crippen LogP contribution >= 0.6 is 0 Å². The Morgan fingerprint density at radius 2 is 2.06 bits per heavy atom. The molecule has 1 saturated carbocycles. The quantitative estimate of drug-likeness (QED) is 0.675. The van der Waals surface area contributed by atoms with Gasteiger partial charge in [0.05, 0.1) is 0 Å². The van der Waals surface area contributed by atoms with Crippen LogP contribution in [-0.2, 0) is 4.79 Å². The van der Waals surface area contributed by atoms with E-state index < -0.39 is 0 Å². The van der Waals surface area contributed by atoms with E-state index in [1.54, 1.807) is 0 Å². The minimum absolute atomic E-state index is 0.249. The lowest BCUT2D eigenvalue weighted by atomic mass is 9.90. The molecular weight excluding hydrogens is 200 g/mol. The molecule has 1 unspecified atom stereocenters. The molecule has 0 aromatic rings. The summed E-state index contributed by atoms with van der Waals surface area (Å²) in [6.07, 6.45) is 3.91. The first-order chi connectivity index (χ1) is 7.49. The minimum atomic E-state index is 0.249. The first kappa shape index (κ1) is 12.1. The topological polar surface area (TPSA) is 23.6 Å². The molecule has 1 atom stereocenters. The Bertz CT molecular complexity index is 275. The van der Waals surface area contributed by atoms with Gasteiger partial charge in [-0.3, -0.25) is 14.6 Å². The van der Waals surface area contributed by atoms with Crippen LogP contribution in [0.5, 0.6) is 0 Å². The van der Waals surface area contributed by atoms with Crippen molar-refractivity contribution in [2.75, 3.05) is 26.7 Å². The number of carbonyl (C=O) groups excluding carboxylic acids is 1. The number of piperazine rings is 1. The van der Waals surface area contributed by atoms with Crippen molar-refractivity contribution in [3.8, 4) is 0 Å². The number of rotatable bonds is 1. The maximum absolute atomic E-state index is 11.5. The smallest absolute Gasteiger partial charge is 0.134 e. The van der Waals surface area contributed by atoms with Crippen LogP contribution in [0.3, 0.4) is 0 Å². The Morgan fingerprint density at radius 3 is 2.69 bits per heavy atom. The number of nitrogens with zero attached hydrogens (tertiary/aromatic N) is 2. The van der Waals surface area contributed by atoms with Gasteiger partial charge < -0.3 is 0 Å². The van der Waals surface area contributed by atoms with E-state index >= 15 is 0 Å². The van der Waals surface area contributed by atoms with Gasteiger partial charge in [0.1, 0.15) is 5.78 Å². The number of carbonyl (C=O) groups is 1. The lowest BCUT2D eigenvalue weighted by Gasteiger charge is -2.48. The molecule has 2 aliphatic rings. The number of ketones is 1. The Morgan fingerprint density at radius 1 is 1.31 bits per heavy atom. The highest BCUT2D eigenvalue weighted by Crippen LogP contribution is 2.26. The second kappa shape index (κ2) is 4.46. The molecule has 2 fully saturated rings. The summed E-state index contributed by atoms with van der Waals surface area (Å²) >= 11 is 0. The van der Waals surface area contributed by atoms with Gasteiger partial charge in [-0.25, -0.2) is 0 Å². The molecule has 0 N–H and O–H groups in total. The molecule has 0 spiro atoms. The van der Waals surface area contributed by atoms with Crippen molar-refractivity contribution in [1.29, 1.82) is 0 Å². The molecule has 0 radical (unpaired) electrons. The van der Waals surface area contributed by atoms with Crippen LogP contribution in [0.4, 0.5) is 0 Å². The van der Waals surface area contributed by atoms with Gasteiger partial charge in [0.25, 0.3) is 0 Å². The maximum atomic E-state index is 11.5. The third-order valence-corrected chi connectivity index (χ3v) is 4.32. The predicted molar refractivity (Wildman–Crippen MR) is 65.5 cm³/mol. The van der Waals surface area contributed by atoms with Crippen molar-refractivity contribution in [3.63, 3.8) is 0 Å². The van der Waals surface area contributed by atoms with Gasteiger partial charge in [-0.2, -0.15) is 0 Å². The third kappa shape index (κ3) is 2.46. The van der Waals surface area contributed by atoms with Crippen LogP contribution in [-0.4, -0.2) is 53.8 Å². The summed E-state index contributed by atoms with van der Waals surface area (Å²) in [7, 11) is 2.20. The highest BCUT2D eigenvalue weighted by atomic mass is 16.1. The minimum Gasteiger partial charge on any atom is -0.300 e. The average molecular weight is 224 g/mol. The summed E-state index contributed by atoms with van der Waals surface area (Å²) in [6.45, 7) is 7.94. The van der Waals surface area contributed by atoms with E-state index in [9.17, 15) is 4.79 Å². The second-order valence-corrected chi connectivity index (χ2v) is 5.99. The van der Waals surface area contributed by atoms with Crippen LogP contribution in [0.15, 0.2) is 0 Å². The summed E-state index contributed by atoms with van der Waals surface area (Å²) in [5.41, 5.74) is 0.249. The molecule has 92 valence electrons. The van der Waals surface area contributed by atoms with E-state index in [4.69, 9.17) is 0 Å². The summed E-state index contributed by atoms with van der Waals surface area (Å²) in [5.74, 6) is 0.466. The summed E-state index contributed by atoms with van der Waals surface area (Å²) in [5, 5.41) is 0. The third-order valence-electron chi connectivity index (χ3n) is 4.32. The summed E-state index contributed by atoms with van der Waals surface area (Å²) < 4.78 is 0. The average Bonchev–Trinajstić information content (AvgIpc) is 2.22. The van der Waals surface area contributed by atoms with E-state index in [1.807, 2.05) is 0 Å². The number of Topliss-reactive ketones (excluding diaryl/α,β-unsaturated/α-hetero) is 1. The fraction of sp³-hybridized carbons (Fsp3) is 0.923. The molecule has 1 aliphatic carbocycles. The SMILES string of the molecule is CN1CCN(C2CCCC(=O)C2)CC1(C)C. The van der Waals surface area contributed by atoms with Crippen LogP contribution in [0.2, 0.25) is 0 Å². The zero-order valence-corrected chi connectivity index (χ0v) is 10.8. The number of hydrogen-bond acceptors (Lipinski definition) is 3. The summed E-state index contributed by atoms with van der Waals surface area (Å²) in [4.78, 5) is 16.5. The zero-order valence-electron chi connectivity index (χ0n) is 10.8. The van der Waals surface area contributed by atoms with Gasteiger partial charge in [-0.15, -0.1) is 0 Å². The van der Waals surface area contributed by atoms with Crippen molar-refractivity contribution in [1.82, 2.24) is 9.80 Å². The van der Waals surface area contributed by atoms with E-state index in [2.05, 4.69) is 30.7 Å². The fourth-order valence-electron chi connectivity index (χ4n) is 2.90. The lowest BCUT2D eigenvalue weighted by Crippen LogP contribution is -2.60. The molecule has 1 heterocycles. The Balaban J connectivity index is 1.97. The molecule has 0 amide bonds. The molecule has 0 aromatic heterocycles. The molecule has 2 rings (SSSR count).